The first-order chi connectivity index (χ1) is 9.58. The molecule has 0 aliphatic heterocycles. The van der Waals surface area contributed by atoms with E-state index in [1.807, 2.05) is 31.2 Å². The Morgan fingerprint density at radius 1 is 1.30 bits per heavy atom. The Kier molecular flexibility index (Phi) is 4.48. The van der Waals surface area contributed by atoms with Gasteiger partial charge in [0.2, 0.25) is 5.91 Å². The van der Waals surface area contributed by atoms with Gasteiger partial charge in [-0.1, -0.05) is 6.07 Å². The zero-order chi connectivity index (χ0) is 14.5. The average Bonchev–Trinajstić information content (AvgIpc) is 2.46. The number of pyridine rings is 1. The van der Waals surface area contributed by atoms with Gasteiger partial charge in [0, 0.05) is 30.5 Å². The molecule has 1 aromatic carbocycles. The highest BCUT2D eigenvalue weighted by atomic mass is 16.1. The van der Waals surface area contributed by atoms with E-state index in [0.29, 0.717) is 5.56 Å². The molecule has 1 atom stereocenters. The third kappa shape index (κ3) is 3.42. The van der Waals surface area contributed by atoms with Crippen molar-refractivity contribution < 1.29 is 4.79 Å². The summed E-state index contributed by atoms with van der Waals surface area (Å²) in [4.78, 5) is 15.1. The lowest BCUT2D eigenvalue weighted by atomic mass is 10.0. The summed E-state index contributed by atoms with van der Waals surface area (Å²) in [6, 6.07) is 9.79. The maximum atomic E-state index is 11.1. The number of nitrogens with one attached hydrogen (secondary N) is 1. The number of nitrogens with two attached hydrogens (primary N) is 1. The second kappa shape index (κ2) is 6.30. The van der Waals surface area contributed by atoms with E-state index >= 15 is 0 Å². The molecule has 2 aromatic rings. The minimum Gasteiger partial charge on any atom is -0.366 e. The fourth-order valence-electron chi connectivity index (χ4n) is 2.08. The number of nitrogens with zero attached hydrogens (tertiary/aromatic N) is 1. The number of aromatic nitrogens is 1. The number of rotatable bonds is 5. The monoisotopic (exact) mass is 269 g/mol. The zero-order valence-corrected chi connectivity index (χ0v) is 11.8. The quantitative estimate of drug-likeness (QED) is 0.875. The third-order valence-electron chi connectivity index (χ3n) is 3.43. The van der Waals surface area contributed by atoms with Gasteiger partial charge in [-0.2, -0.15) is 0 Å². The third-order valence-corrected chi connectivity index (χ3v) is 3.43. The van der Waals surface area contributed by atoms with Crippen LogP contribution in [-0.2, 0) is 6.54 Å². The molecular weight excluding hydrogens is 250 g/mol. The number of carbonyl (C=O) groups is 1. The summed E-state index contributed by atoms with van der Waals surface area (Å²) in [5.41, 5.74) is 9.25. The van der Waals surface area contributed by atoms with Crippen LogP contribution < -0.4 is 11.1 Å². The summed E-state index contributed by atoms with van der Waals surface area (Å²) in [6.07, 6.45) is 3.58. The van der Waals surface area contributed by atoms with Gasteiger partial charge in [-0.3, -0.25) is 9.78 Å². The van der Waals surface area contributed by atoms with Crippen molar-refractivity contribution in [2.75, 3.05) is 0 Å². The Hall–Kier alpha value is -2.20. The number of carbonyl (C=O) groups excluding carboxylic acids is 1. The maximum Gasteiger partial charge on any atom is 0.248 e. The van der Waals surface area contributed by atoms with E-state index in [0.717, 1.165) is 17.7 Å². The highest BCUT2D eigenvalue weighted by molar-refractivity contribution is 5.93. The van der Waals surface area contributed by atoms with Gasteiger partial charge in [0.1, 0.15) is 0 Å². The molecule has 1 amide bonds. The second-order valence-electron chi connectivity index (χ2n) is 4.89. The summed E-state index contributed by atoms with van der Waals surface area (Å²) >= 11 is 0. The van der Waals surface area contributed by atoms with Crippen LogP contribution in [0.4, 0.5) is 0 Å². The predicted octanol–water partition coefficient (Wildman–Crippen LogP) is 2.34. The molecule has 20 heavy (non-hydrogen) atoms. The largest absolute Gasteiger partial charge is 0.366 e. The van der Waals surface area contributed by atoms with E-state index in [1.54, 1.807) is 18.5 Å². The molecule has 4 heteroatoms. The first-order valence-corrected chi connectivity index (χ1v) is 6.60. The van der Waals surface area contributed by atoms with Crippen LogP contribution in [-0.4, -0.2) is 10.9 Å². The topological polar surface area (TPSA) is 68.0 Å². The zero-order valence-electron chi connectivity index (χ0n) is 11.8. The fourth-order valence-corrected chi connectivity index (χ4v) is 2.08. The van der Waals surface area contributed by atoms with Crippen LogP contribution in [0, 0.1) is 6.92 Å². The van der Waals surface area contributed by atoms with E-state index in [-0.39, 0.29) is 6.04 Å². The van der Waals surface area contributed by atoms with E-state index in [1.165, 1.54) is 5.56 Å². The molecule has 4 nitrogen and oxygen atoms in total. The Labute approximate surface area is 119 Å². The number of hydrogen-bond donors (Lipinski definition) is 2. The van der Waals surface area contributed by atoms with E-state index < -0.39 is 5.91 Å². The van der Waals surface area contributed by atoms with Gasteiger partial charge >= 0.3 is 0 Å². The number of primary amides is 1. The summed E-state index contributed by atoms with van der Waals surface area (Å²) in [7, 11) is 0. The second-order valence-corrected chi connectivity index (χ2v) is 4.89. The first kappa shape index (κ1) is 14.2. The van der Waals surface area contributed by atoms with Crippen molar-refractivity contribution in [1.29, 1.82) is 0 Å². The summed E-state index contributed by atoms with van der Waals surface area (Å²) in [5, 5.41) is 3.46. The SMILES string of the molecule is Cc1cc(C(N)=O)ccc1CN[C@@H](C)c1ccncc1. The van der Waals surface area contributed by atoms with Crippen LogP contribution in [0.1, 0.15) is 40.0 Å². The highest BCUT2D eigenvalue weighted by Gasteiger charge is 2.07. The molecule has 0 saturated heterocycles. The lowest BCUT2D eigenvalue weighted by molar-refractivity contribution is 0.1000. The number of hydrogen-bond acceptors (Lipinski definition) is 3. The van der Waals surface area contributed by atoms with Gasteiger partial charge in [-0.15, -0.1) is 0 Å². The van der Waals surface area contributed by atoms with Crippen molar-refractivity contribution in [3.63, 3.8) is 0 Å². The number of benzene rings is 1. The molecule has 0 unspecified atom stereocenters. The Morgan fingerprint density at radius 3 is 2.60 bits per heavy atom. The summed E-state index contributed by atoms with van der Waals surface area (Å²) in [5.74, 6) is -0.391. The smallest absolute Gasteiger partial charge is 0.248 e. The van der Waals surface area contributed by atoms with Crippen molar-refractivity contribution in [2.24, 2.45) is 5.73 Å². The Bertz CT molecular complexity index is 596. The van der Waals surface area contributed by atoms with Crippen molar-refractivity contribution in [3.8, 4) is 0 Å². The first-order valence-electron chi connectivity index (χ1n) is 6.60. The number of aryl methyl sites for hydroxylation is 1. The molecule has 0 aliphatic rings. The van der Waals surface area contributed by atoms with Crippen LogP contribution in [0.2, 0.25) is 0 Å². The van der Waals surface area contributed by atoms with Gasteiger partial charge < -0.3 is 11.1 Å². The van der Waals surface area contributed by atoms with Crippen molar-refractivity contribution in [2.45, 2.75) is 26.4 Å². The number of amides is 1. The van der Waals surface area contributed by atoms with E-state index in [4.69, 9.17) is 5.73 Å². The molecule has 0 spiro atoms. The molecular formula is C16H19N3O. The van der Waals surface area contributed by atoms with Gasteiger partial charge in [0.15, 0.2) is 0 Å². The molecule has 0 radical (unpaired) electrons. The molecule has 2 rings (SSSR count). The van der Waals surface area contributed by atoms with E-state index in [9.17, 15) is 4.79 Å². The molecule has 0 aliphatic carbocycles. The molecule has 1 heterocycles. The molecule has 0 saturated carbocycles. The van der Waals surface area contributed by atoms with Crippen molar-refractivity contribution in [1.82, 2.24) is 10.3 Å². The molecule has 0 fully saturated rings. The highest BCUT2D eigenvalue weighted by Crippen LogP contribution is 2.14. The average molecular weight is 269 g/mol. The summed E-state index contributed by atoms with van der Waals surface area (Å²) in [6.45, 7) is 4.84. The lowest BCUT2D eigenvalue weighted by Gasteiger charge is -2.15. The van der Waals surface area contributed by atoms with E-state index in [2.05, 4.69) is 17.2 Å². The van der Waals surface area contributed by atoms with Crippen LogP contribution in [0.5, 0.6) is 0 Å². The van der Waals surface area contributed by atoms with Gasteiger partial charge in [-0.25, -0.2) is 0 Å². The van der Waals surface area contributed by atoms with Crippen molar-refractivity contribution in [3.05, 3.63) is 65.0 Å². The van der Waals surface area contributed by atoms with Crippen LogP contribution in [0.15, 0.2) is 42.7 Å². The molecule has 104 valence electrons. The maximum absolute atomic E-state index is 11.1. The standard InChI is InChI=1S/C16H19N3O/c1-11-9-14(16(17)20)3-4-15(11)10-19-12(2)13-5-7-18-8-6-13/h3-9,12,19H,10H2,1-2H3,(H2,17,20)/t12-/m0/s1. The Morgan fingerprint density at radius 2 is 2.00 bits per heavy atom. The predicted molar refractivity (Wildman–Crippen MR) is 79.2 cm³/mol. The van der Waals surface area contributed by atoms with Crippen molar-refractivity contribution >= 4 is 5.91 Å². The van der Waals surface area contributed by atoms with Crippen LogP contribution in [0.3, 0.4) is 0 Å². The van der Waals surface area contributed by atoms with Gasteiger partial charge in [0.25, 0.3) is 0 Å². The van der Waals surface area contributed by atoms with Gasteiger partial charge in [0.05, 0.1) is 0 Å². The van der Waals surface area contributed by atoms with Gasteiger partial charge in [-0.05, 0) is 54.8 Å². The van der Waals surface area contributed by atoms with Crippen LogP contribution >= 0.6 is 0 Å². The van der Waals surface area contributed by atoms with Crippen LogP contribution in [0.25, 0.3) is 0 Å². The lowest BCUT2D eigenvalue weighted by Crippen LogP contribution is -2.19. The minimum atomic E-state index is -0.391. The summed E-state index contributed by atoms with van der Waals surface area (Å²) < 4.78 is 0. The normalized spacial score (nSPS) is 12.1. The molecule has 1 aromatic heterocycles. The fraction of sp³-hybridized carbons (Fsp3) is 0.250. The Balaban J connectivity index is 2.02. The molecule has 0 bridgehead atoms. The molecule has 3 N–H and O–H groups in total. The minimum absolute atomic E-state index is 0.244.